The number of hydrazine groups is 1. The molecule has 3 rings (SSSR count). The first-order valence-corrected chi connectivity index (χ1v) is 10.1. The van der Waals surface area contributed by atoms with Crippen LogP contribution in [-0.4, -0.2) is 42.9 Å². The molecule has 0 saturated heterocycles. The molecule has 146 valence electrons. The number of hydrogen-bond donors (Lipinski definition) is 2. The highest BCUT2D eigenvalue weighted by Gasteiger charge is 2.28. The molecule has 0 bridgehead atoms. The average molecular weight is 362 g/mol. The summed E-state index contributed by atoms with van der Waals surface area (Å²) in [5.41, 5.74) is 6.09. The van der Waals surface area contributed by atoms with Crippen LogP contribution in [0.5, 0.6) is 11.5 Å². The predicted molar refractivity (Wildman–Crippen MR) is 107 cm³/mol. The molecular weight excluding hydrogens is 326 g/mol. The van der Waals surface area contributed by atoms with E-state index in [0.717, 1.165) is 37.3 Å². The molecule has 1 aliphatic carbocycles. The molecule has 1 aromatic rings. The zero-order chi connectivity index (χ0) is 18.7. The van der Waals surface area contributed by atoms with Crippen molar-refractivity contribution >= 4 is 5.69 Å². The van der Waals surface area contributed by atoms with Gasteiger partial charge in [0.15, 0.2) is 11.5 Å². The van der Waals surface area contributed by atoms with Gasteiger partial charge in [0.05, 0.1) is 13.2 Å². The predicted octanol–water partition coefficient (Wildman–Crippen LogP) is 3.98. The molecule has 0 radical (unpaired) electrons. The molecule has 5 nitrogen and oxygen atoms in total. The Hall–Kier alpha value is -1.46. The Bertz CT molecular complexity index is 597. The third-order valence-electron chi connectivity index (χ3n) is 5.33. The zero-order valence-electron chi connectivity index (χ0n) is 17.0. The van der Waals surface area contributed by atoms with Crippen molar-refractivity contribution in [2.75, 3.05) is 19.0 Å². The van der Waals surface area contributed by atoms with Crippen molar-refractivity contribution in [3.8, 4) is 11.5 Å². The van der Waals surface area contributed by atoms with Gasteiger partial charge < -0.3 is 14.8 Å². The summed E-state index contributed by atoms with van der Waals surface area (Å²) in [6, 6.07) is 5.58. The van der Waals surface area contributed by atoms with Crippen LogP contribution in [0.4, 0.5) is 5.69 Å². The summed E-state index contributed by atoms with van der Waals surface area (Å²) >= 11 is 0. The zero-order valence-corrected chi connectivity index (χ0v) is 17.0. The highest BCUT2D eigenvalue weighted by Crippen LogP contribution is 2.38. The highest BCUT2D eigenvalue weighted by atomic mass is 16.5. The Morgan fingerprint density at radius 1 is 1.12 bits per heavy atom. The summed E-state index contributed by atoms with van der Waals surface area (Å²) in [7, 11) is 1.73. The van der Waals surface area contributed by atoms with Crippen molar-refractivity contribution in [3.63, 3.8) is 0 Å². The van der Waals surface area contributed by atoms with Crippen LogP contribution < -0.4 is 20.2 Å². The number of fused-ring (bicyclic) bond motifs is 1. The van der Waals surface area contributed by atoms with Crippen molar-refractivity contribution in [3.05, 3.63) is 17.7 Å². The van der Waals surface area contributed by atoms with Gasteiger partial charge in [0.1, 0.15) is 0 Å². The van der Waals surface area contributed by atoms with Gasteiger partial charge in [-0.1, -0.05) is 0 Å². The SMILES string of the molecule is COc1cc2c(cc1OC1CCCC1)NC[C@H](N(NC(C)C)C(C)C)C2. The second-order valence-corrected chi connectivity index (χ2v) is 8.21. The lowest BCUT2D eigenvalue weighted by atomic mass is 9.97. The molecule has 26 heavy (non-hydrogen) atoms. The van der Waals surface area contributed by atoms with Crippen LogP contribution >= 0.6 is 0 Å². The molecule has 1 atom stereocenters. The number of benzene rings is 1. The fourth-order valence-corrected chi connectivity index (χ4v) is 4.10. The molecule has 5 heteroatoms. The van der Waals surface area contributed by atoms with Gasteiger partial charge in [0.25, 0.3) is 0 Å². The molecule has 1 aliphatic heterocycles. The standard InChI is InChI=1S/C21H35N3O2/c1-14(2)23-24(15(3)4)17-10-16-11-20(25-5)21(12-19(16)22-13-17)26-18-8-6-7-9-18/h11-12,14-15,17-18,22-23H,6-10,13H2,1-5H3/t17-/m1/s1. The highest BCUT2D eigenvalue weighted by molar-refractivity contribution is 5.62. The minimum Gasteiger partial charge on any atom is -0.493 e. The molecule has 1 heterocycles. The molecule has 2 N–H and O–H groups in total. The number of ether oxygens (including phenoxy) is 2. The van der Waals surface area contributed by atoms with Crippen molar-refractivity contribution in [2.24, 2.45) is 0 Å². The first kappa shape index (κ1) is 19.3. The average Bonchev–Trinajstić information content (AvgIpc) is 3.11. The van der Waals surface area contributed by atoms with Crippen LogP contribution in [0.2, 0.25) is 0 Å². The summed E-state index contributed by atoms with van der Waals surface area (Å²) in [6.07, 6.45) is 6.18. The van der Waals surface area contributed by atoms with Gasteiger partial charge in [-0.3, -0.25) is 5.43 Å². The smallest absolute Gasteiger partial charge is 0.163 e. The van der Waals surface area contributed by atoms with Crippen LogP contribution in [0, 0.1) is 0 Å². The lowest BCUT2D eigenvalue weighted by molar-refractivity contribution is 0.0744. The lowest BCUT2D eigenvalue weighted by Crippen LogP contribution is -2.56. The molecule has 1 fully saturated rings. The molecule has 0 spiro atoms. The second kappa shape index (κ2) is 8.49. The van der Waals surface area contributed by atoms with E-state index in [0.29, 0.717) is 24.2 Å². The number of rotatable bonds is 7. The number of hydrogen-bond acceptors (Lipinski definition) is 5. The van der Waals surface area contributed by atoms with E-state index in [1.54, 1.807) is 7.11 Å². The van der Waals surface area contributed by atoms with Gasteiger partial charge >= 0.3 is 0 Å². The Kier molecular flexibility index (Phi) is 6.30. The fourth-order valence-electron chi connectivity index (χ4n) is 4.10. The van der Waals surface area contributed by atoms with Gasteiger partial charge in [0, 0.05) is 36.4 Å². The Morgan fingerprint density at radius 3 is 2.46 bits per heavy atom. The maximum atomic E-state index is 6.24. The molecule has 0 unspecified atom stereocenters. The van der Waals surface area contributed by atoms with Crippen LogP contribution in [0.3, 0.4) is 0 Å². The summed E-state index contributed by atoms with van der Waals surface area (Å²) in [6.45, 7) is 9.79. The van der Waals surface area contributed by atoms with Crippen molar-refractivity contribution < 1.29 is 9.47 Å². The first-order chi connectivity index (χ1) is 12.5. The van der Waals surface area contributed by atoms with E-state index in [2.05, 4.69) is 55.6 Å². The molecule has 1 saturated carbocycles. The summed E-state index contributed by atoms with van der Waals surface area (Å²) in [5.74, 6) is 1.73. The number of anilines is 1. The quantitative estimate of drug-likeness (QED) is 0.720. The first-order valence-electron chi connectivity index (χ1n) is 10.1. The number of methoxy groups -OCH3 is 1. The molecule has 0 aromatic heterocycles. The van der Waals surface area contributed by atoms with E-state index >= 15 is 0 Å². The number of nitrogens with zero attached hydrogens (tertiary/aromatic N) is 1. The van der Waals surface area contributed by atoms with E-state index in [1.807, 2.05) is 0 Å². The second-order valence-electron chi connectivity index (χ2n) is 8.21. The van der Waals surface area contributed by atoms with E-state index in [1.165, 1.54) is 24.1 Å². The summed E-state index contributed by atoms with van der Waals surface area (Å²) in [5, 5.41) is 6.01. The van der Waals surface area contributed by atoms with Gasteiger partial charge in [-0.2, -0.15) is 0 Å². The molecule has 0 amide bonds. The summed E-state index contributed by atoms with van der Waals surface area (Å²) in [4.78, 5) is 0. The molecule has 2 aliphatic rings. The van der Waals surface area contributed by atoms with Gasteiger partial charge in [-0.25, -0.2) is 5.01 Å². The van der Waals surface area contributed by atoms with Crippen molar-refractivity contribution in [1.82, 2.24) is 10.4 Å². The minimum atomic E-state index is 0.338. The monoisotopic (exact) mass is 361 g/mol. The van der Waals surface area contributed by atoms with E-state index in [4.69, 9.17) is 9.47 Å². The Labute approximate surface area is 158 Å². The van der Waals surface area contributed by atoms with E-state index < -0.39 is 0 Å². The fraction of sp³-hybridized carbons (Fsp3) is 0.714. The maximum Gasteiger partial charge on any atom is 0.163 e. The molecular formula is C21H35N3O2. The van der Waals surface area contributed by atoms with Crippen molar-refractivity contribution in [2.45, 2.75) is 84.0 Å². The van der Waals surface area contributed by atoms with Crippen molar-refractivity contribution in [1.29, 1.82) is 0 Å². The van der Waals surface area contributed by atoms with E-state index in [-0.39, 0.29) is 0 Å². The lowest BCUT2D eigenvalue weighted by Gasteiger charge is -2.39. The maximum absolute atomic E-state index is 6.24. The third-order valence-corrected chi connectivity index (χ3v) is 5.33. The largest absolute Gasteiger partial charge is 0.493 e. The van der Waals surface area contributed by atoms with Gasteiger partial charge in [-0.05, 0) is 71.4 Å². The topological polar surface area (TPSA) is 45.8 Å². The van der Waals surface area contributed by atoms with Crippen LogP contribution in [-0.2, 0) is 6.42 Å². The van der Waals surface area contributed by atoms with Crippen LogP contribution in [0.25, 0.3) is 0 Å². The van der Waals surface area contributed by atoms with Gasteiger partial charge in [0.2, 0.25) is 0 Å². The normalized spacial score (nSPS) is 20.5. The third kappa shape index (κ3) is 4.44. The van der Waals surface area contributed by atoms with Gasteiger partial charge in [-0.15, -0.1) is 0 Å². The van der Waals surface area contributed by atoms with Crippen LogP contribution in [0.15, 0.2) is 12.1 Å². The molecule has 1 aromatic carbocycles. The summed E-state index contributed by atoms with van der Waals surface area (Å²) < 4.78 is 11.9. The number of nitrogens with one attached hydrogen (secondary N) is 2. The Balaban J connectivity index is 1.77. The Morgan fingerprint density at radius 2 is 1.85 bits per heavy atom. The minimum absolute atomic E-state index is 0.338. The van der Waals surface area contributed by atoms with E-state index in [9.17, 15) is 0 Å². The van der Waals surface area contributed by atoms with Crippen LogP contribution in [0.1, 0.15) is 58.9 Å².